The minimum Gasteiger partial charge on any atom is -0.386 e. The van der Waals surface area contributed by atoms with Gasteiger partial charge in [0.2, 0.25) is 0 Å². The summed E-state index contributed by atoms with van der Waals surface area (Å²) in [6.07, 6.45) is 3.37. The van der Waals surface area contributed by atoms with Crippen LogP contribution >= 0.6 is 11.6 Å². The Bertz CT molecular complexity index is 627. The fourth-order valence-corrected chi connectivity index (χ4v) is 2.08. The molecule has 0 fully saturated rings. The van der Waals surface area contributed by atoms with Crippen LogP contribution < -0.4 is 5.32 Å². The van der Waals surface area contributed by atoms with Crippen LogP contribution in [-0.2, 0) is 16.1 Å². The Kier molecular flexibility index (Phi) is 7.14. The van der Waals surface area contributed by atoms with Gasteiger partial charge in [-0.25, -0.2) is 0 Å². The molecule has 0 heterocycles. The molecule has 120 valence electrons. The van der Waals surface area contributed by atoms with Crippen LogP contribution in [0.2, 0.25) is 5.02 Å². The monoisotopic (exact) mass is 330 g/mol. The first-order valence-electron chi connectivity index (χ1n) is 7.45. The lowest BCUT2D eigenvalue weighted by atomic mass is 10.1. The second-order valence-electron chi connectivity index (χ2n) is 5.00. The van der Waals surface area contributed by atoms with Crippen molar-refractivity contribution in [3.05, 3.63) is 70.7 Å². The number of rotatable bonds is 8. The van der Waals surface area contributed by atoms with E-state index >= 15 is 0 Å². The van der Waals surface area contributed by atoms with Gasteiger partial charge in [0.15, 0.2) is 6.61 Å². The Morgan fingerprint density at radius 1 is 1.13 bits per heavy atom. The summed E-state index contributed by atoms with van der Waals surface area (Å²) in [5.74, 6) is -0.175. The maximum absolute atomic E-state index is 11.6. The Balaban J connectivity index is 1.57. The molecule has 23 heavy (non-hydrogen) atoms. The van der Waals surface area contributed by atoms with Crippen molar-refractivity contribution in [2.45, 2.75) is 12.8 Å². The molecule has 2 rings (SSSR count). The summed E-state index contributed by atoms with van der Waals surface area (Å²) < 4.78 is 0. The van der Waals surface area contributed by atoms with Crippen molar-refractivity contribution in [1.82, 2.24) is 5.32 Å². The lowest BCUT2D eigenvalue weighted by Crippen LogP contribution is -2.28. The summed E-state index contributed by atoms with van der Waals surface area (Å²) in [7, 11) is 0. The molecule has 0 aliphatic heterocycles. The van der Waals surface area contributed by atoms with Crippen molar-refractivity contribution >= 4 is 23.7 Å². The van der Waals surface area contributed by atoms with Crippen molar-refractivity contribution in [2.24, 2.45) is 5.16 Å². The van der Waals surface area contributed by atoms with E-state index < -0.39 is 0 Å². The van der Waals surface area contributed by atoms with Crippen LogP contribution in [0.15, 0.2) is 59.8 Å². The van der Waals surface area contributed by atoms with E-state index in [0.717, 1.165) is 18.4 Å². The van der Waals surface area contributed by atoms with Gasteiger partial charge in [0.05, 0.1) is 6.21 Å². The Labute approximate surface area is 141 Å². The molecule has 0 atom stereocenters. The highest BCUT2D eigenvalue weighted by molar-refractivity contribution is 6.30. The van der Waals surface area contributed by atoms with Crippen molar-refractivity contribution in [3.8, 4) is 0 Å². The lowest BCUT2D eigenvalue weighted by molar-refractivity contribution is -0.125. The zero-order valence-corrected chi connectivity index (χ0v) is 13.5. The number of amides is 1. The number of hydrogen-bond acceptors (Lipinski definition) is 3. The van der Waals surface area contributed by atoms with E-state index in [1.54, 1.807) is 18.3 Å². The van der Waals surface area contributed by atoms with E-state index in [2.05, 4.69) is 22.6 Å². The zero-order valence-electron chi connectivity index (χ0n) is 12.7. The quantitative estimate of drug-likeness (QED) is 0.458. The van der Waals surface area contributed by atoms with Crippen LogP contribution in [0.1, 0.15) is 17.5 Å². The molecule has 0 spiro atoms. The normalized spacial score (nSPS) is 10.7. The van der Waals surface area contributed by atoms with Gasteiger partial charge in [-0.3, -0.25) is 4.79 Å². The molecule has 0 unspecified atom stereocenters. The minimum atomic E-state index is -0.175. The third-order valence-electron chi connectivity index (χ3n) is 3.15. The molecule has 0 aliphatic carbocycles. The van der Waals surface area contributed by atoms with Crippen LogP contribution in [0.3, 0.4) is 0 Å². The smallest absolute Gasteiger partial charge is 0.260 e. The highest BCUT2D eigenvalue weighted by Gasteiger charge is 2.00. The highest BCUT2D eigenvalue weighted by atomic mass is 35.5. The number of benzene rings is 2. The van der Waals surface area contributed by atoms with Gasteiger partial charge in [0, 0.05) is 11.6 Å². The van der Waals surface area contributed by atoms with Gasteiger partial charge >= 0.3 is 0 Å². The van der Waals surface area contributed by atoms with Gasteiger partial charge in [-0.15, -0.1) is 0 Å². The number of carbonyl (C=O) groups excluding carboxylic acids is 1. The second kappa shape index (κ2) is 9.64. The Hall–Kier alpha value is -2.33. The first-order chi connectivity index (χ1) is 11.2. The van der Waals surface area contributed by atoms with E-state index in [9.17, 15) is 4.79 Å². The van der Waals surface area contributed by atoms with E-state index in [0.29, 0.717) is 11.6 Å². The van der Waals surface area contributed by atoms with Crippen molar-refractivity contribution in [2.75, 3.05) is 13.2 Å². The third-order valence-corrected chi connectivity index (χ3v) is 3.40. The molecule has 0 aliphatic rings. The molecular weight excluding hydrogens is 312 g/mol. The fourth-order valence-electron chi connectivity index (χ4n) is 1.96. The summed E-state index contributed by atoms with van der Waals surface area (Å²) in [6.45, 7) is 0.535. The van der Waals surface area contributed by atoms with E-state index in [-0.39, 0.29) is 12.5 Å². The van der Waals surface area contributed by atoms with Crippen molar-refractivity contribution in [1.29, 1.82) is 0 Å². The molecule has 1 N–H and O–H groups in total. The topological polar surface area (TPSA) is 50.7 Å². The van der Waals surface area contributed by atoms with Crippen molar-refractivity contribution < 1.29 is 9.63 Å². The van der Waals surface area contributed by atoms with Gasteiger partial charge in [0.25, 0.3) is 5.91 Å². The summed E-state index contributed by atoms with van der Waals surface area (Å²) >= 11 is 5.79. The molecule has 1 amide bonds. The standard InChI is InChI=1S/C18H19ClN2O2/c19-17-10-8-16(9-11-17)13-21-23-14-18(22)20-12-4-7-15-5-2-1-3-6-15/h1-3,5-6,8-11,13H,4,7,12,14H2,(H,20,22)/b21-13+. The minimum absolute atomic E-state index is 0.0879. The van der Waals surface area contributed by atoms with Gasteiger partial charge in [0.1, 0.15) is 0 Å². The molecular formula is C18H19ClN2O2. The molecule has 0 saturated heterocycles. The fraction of sp³-hybridized carbons (Fsp3) is 0.222. The van der Waals surface area contributed by atoms with Crippen LogP contribution in [-0.4, -0.2) is 25.3 Å². The molecule has 2 aromatic rings. The molecule has 4 nitrogen and oxygen atoms in total. The number of oxime groups is 1. The first kappa shape index (κ1) is 17.0. The number of nitrogens with one attached hydrogen (secondary N) is 1. The summed E-state index contributed by atoms with van der Waals surface area (Å²) in [6, 6.07) is 17.4. The zero-order chi connectivity index (χ0) is 16.3. The van der Waals surface area contributed by atoms with Crippen LogP contribution in [0.25, 0.3) is 0 Å². The molecule has 0 radical (unpaired) electrons. The molecule has 0 aromatic heterocycles. The van der Waals surface area contributed by atoms with Crippen LogP contribution in [0.4, 0.5) is 0 Å². The Morgan fingerprint density at radius 3 is 2.61 bits per heavy atom. The molecule has 0 bridgehead atoms. The maximum Gasteiger partial charge on any atom is 0.260 e. The van der Waals surface area contributed by atoms with E-state index in [4.69, 9.17) is 16.4 Å². The summed E-state index contributed by atoms with van der Waals surface area (Å²) in [5, 5.41) is 7.23. The average molecular weight is 331 g/mol. The number of halogens is 1. The summed E-state index contributed by atoms with van der Waals surface area (Å²) in [4.78, 5) is 16.6. The molecule has 5 heteroatoms. The highest BCUT2D eigenvalue weighted by Crippen LogP contribution is 2.07. The van der Waals surface area contributed by atoms with Gasteiger partial charge in [-0.1, -0.05) is 59.2 Å². The number of nitrogens with zero attached hydrogens (tertiary/aromatic N) is 1. The van der Waals surface area contributed by atoms with Crippen LogP contribution in [0, 0.1) is 0 Å². The number of hydrogen-bond donors (Lipinski definition) is 1. The predicted octanol–water partition coefficient (Wildman–Crippen LogP) is 3.44. The largest absolute Gasteiger partial charge is 0.386 e. The molecule has 2 aromatic carbocycles. The number of carbonyl (C=O) groups is 1. The van der Waals surface area contributed by atoms with Gasteiger partial charge in [-0.2, -0.15) is 0 Å². The SMILES string of the molecule is O=C(CO/N=C/c1ccc(Cl)cc1)NCCCc1ccccc1. The second-order valence-corrected chi connectivity index (χ2v) is 5.44. The molecule has 0 saturated carbocycles. The lowest BCUT2D eigenvalue weighted by Gasteiger charge is -2.04. The predicted molar refractivity (Wildman–Crippen MR) is 92.8 cm³/mol. The Morgan fingerprint density at radius 2 is 1.87 bits per heavy atom. The van der Waals surface area contributed by atoms with Gasteiger partial charge < -0.3 is 10.2 Å². The maximum atomic E-state index is 11.6. The average Bonchev–Trinajstić information content (AvgIpc) is 2.58. The van der Waals surface area contributed by atoms with Gasteiger partial charge in [-0.05, 0) is 36.1 Å². The van der Waals surface area contributed by atoms with E-state index in [1.807, 2.05) is 30.3 Å². The number of aryl methyl sites for hydroxylation is 1. The van der Waals surface area contributed by atoms with Crippen molar-refractivity contribution in [3.63, 3.8) is 0 Å². The third kappa shape index (κ3) is 6.98. The van der Waals surface area contributed by atoms with E-state index in [1.165, 1.54) is 5.56 Å². The van der Waals surface area contributed by atoms with Crippen LogP contribution in [0.5, 0.6) is 0 Å². The summed E-state index contributed by atoms with van der Waals surface area (Å²) in [5.41, 5.74) is 2.13. The first-order valence-corrected chi connectivity index (χ1v) is 7.83.